The Bertz CT molecular complexity index is 383. The molecule has 0 aromatic heterocycles. The van der Waals surface area contributed by atoms with E-state index in [4.69, 9.17) is 0 Å². The van der Waals surface area contributed by atoms with Crippen LogP contribution < -0.4 is 4.74 Å². The van der Waals surface area contributed by atoms with E-state index < -0.39 is 23.5 Å². The SMILES string of the molecule is CC(=O)Oc1cccc(C)c1C(F)(F)F. The van der Waals surface area contributed by atoms with E-state index in [0.717, 1.165) is 13.0 Å². The van der Waals surface area contributed by atoms with Crippen molar-refractivity contribution in [3.8, 4) is 5.75 Å². The summed E-state index contributed by atoms with van der Waals surface area (Å²) in [5, 5.41) is 0. The van der Waals surface area contributed by atoms with Crippen molar-refractivity contribution >= 4 is 5.97 Å². The molecule has 0 heterocycles. The van der Waals surface area contributed by atoms with Gasteiger partial charge in [0.05, 0.1) is 0 Å². The second kappa shape index (κ2) is 3.92. The lowest BCUT2D eigenvalue weighted by Crippen LogP contribution is -2.12. The fourth-order valence-electron chi connectivity index (χ4n) is 1.24. The van der Waals surface area contributed by atoms with Crippen molar-refractivity contribution in [2.45, 2.75) is 20.0 Å². The zero-order valence-electron chi connectivity index (χ0n) is 8.18. The fourth-order valence-corrected chi connectivity index (χ4v) is 1.24. The molecule has 0 aliphatic carbocycles. The Kier molecular flexibility index (Phi) is 3.02. The maximum atomic E-state index is 12.6. The molecular weight excluding hydrogens is 209 g/mol. The van der Waals surface area contributed by atoms with E-state index in [2.05, 4.69) is 4.74 Å². The lowest BCUT2D eigenvalue weighted by atomic mass is 10.1. The lowest BCUT2D eigenvalue weighted by molar-refractivity contribution is -0.141. The maximum absolute atomic E-state index is 12.6. The number of ether oxygens (including phenoxy) is 1. The first kappa shape index (κ1) is 11.6. The molecule has 5 heteroatoms. The predicted molar refractivity (Wildman–Crippen MR) is 47.5 cm³/mol. The highest BCUT2D eigenvalue weighted by atomic mass is 19.4. The second-order valence-electron chi connectivity index (χ2n) is 3.04. The van der Waals surface area contributed by atoms with Gasteiger partial charge in [0.25, 0.3) is 0 Å². The highest BCUT2D eigenvalue weighted by Crippen LogP contribution is 2.38. The predicted octanol–water partition coefficient (Wildman–Crippen LogP) is 2.94. The van der Waals surface area contributed by atoms with Gasteiger partial charge in [0, 0.05) is 6.92 Å². The number of hydrogen-bond acceptors (Lipinski definition) is 2. The molecule has 1 aromatic carbocycles. The van der Waals surface area contributed by atoms with E-state index in [1.807, 2.05) is 0 Å². The third kappa shape index (κ3) is 2.71. The van der Waals surface area contributed by atoms with Gasteiger partial charge in [-0.15, -0.1) is 0 Å². The third-order valence-corrected chi connectivity index (χ3v) is 1.77. The normalized spacial score (nSPS) is 11.3. The van der Waals surface area contributed by atoms with Gasteiger partial charge in [-0.05, 0) is 18.6 Å². The Hall–Kier alpha value is -1.52. The number of halogens is 3. The second-order valence-corrected chi connectivity index (χ2v) is 3.04. The number of rotatable bonds is 1. The molecular formula is C10H9F3O2. The van der Waals surface area contributed by atoms with Gasteiger partial charge in [0.15, 0.2) is 0 Å². The van der Waals surface area contributed by atoms with Gasteiger partial charge in [0.2, 0.25) is 0 Å². The van der Waals surface area contributed by atoms with E-state index in [1.54, 1.807) is 0 Å². The molecule has 0 spiro atoms. The molecule has 82 valence electrons. The van der Waals surface area contributed by atoms with Crippen LogP contribution in [0.5, 0.6) is 5.75 Å². The van der Waals surface area contributed by atoms with E-state index >= 15 is 0 Å². The van der Waals surface area contributed by atoms with E-state index in [9.17, 15) is 18.0 Å². The molecule has 0 bridgehead atoms. The minimum absolute atomic E-state index is 0.0289. The fraction of sp³-hybridized carbons (Fsp3) is 0.300. The molecule has 0 atom stereocenters. The topological polar surface area (TPSA) is 26.3 Å². The summed E-state index contributed by atoms with van der Waals surface area (Å²) in [7, 11) is 0. The van der Waals surface area contributed by atoms with Gasteiger partial charge in [-0.1, -0.05) is 12.1 Å². The molecule has 0 radical (unpaired) electrons. The van der Waals surface area contributed by atoms with Gasteiger partial charge >= 0.3 is 12.1 Å². The molecule has 0 N–H and O–H groups in total. The average Bonchev–Trinajstić information content (AvgIpc) is 1.99. The van der Waals surface area contributed by atoms with Crippen LogP contribution in [-0.2, 0) is 11.0 Å². The first-order valence-electron chi connectivity index (χ1n) is 4.17. The molecule has 0 aliphatic heterocycles. The first-order valence-corrected chi connectivity index (χ1v) is 4.17. The average molecular weight is 218 g/mol. The third-order valence-electron chi connectivity index (χ3n) is 1.77. The number of aryl methyl sites for hydroxylation is 1. The van der Waals surface area contributed by atoms with Gasteiger partial charge in [-0.25, -0.2) is 0 Å². The van der Waals surface area contributed by atoms with Gasteiger partial charge in [-0.3, -0.25) is 4.79 Å². The van der Waals surface area contributed by atoms with Crippen LogP contribution in [0.25, 0.3) is 0 Å². The molecule has 15 heavy (non-hydrogen) atoms. The minimum Gasteiger partial charge on any atom is -0.426 e. The van der Waals surface area contributed by atoms with Crippen molar-refractivity contribution in [3.05, 3.63) is 29.3 Å². The number of esters is 1. The van der Waals surface area contributed by atoms with Crippen LogP contribution in [0.3, 0.4) is 0 Å². The molecule has 0 saturated heterocycles. The molecule has 1 rings (SSSR count). The smallest absolute Gasteiger partial charge is 0.420 e. The standard InChI is InChI=1S/C10H9F3O2/c1-6-4-3-5-8(15-7(2)14)9(6)10(11,12)13/h3-5H,1-2H3. The van der Waals surface area contributed by atoms with Crippen LogP contribution in [0, 0.1) is 6.92 Å². The van der Waals surface area contributed by atoms with Crippen LogP contribution in [0.15, 0.2) is 18.2 Å². The van der Waals surface area contributed by atoms with Crippen LogP contribution in [0.2, 0.25) is 0 Å². The van der Waals surface area contributed by atoms with Crippen LogP contribution in [0.1, 0.15) is 18.1 Å². The van der Waals surface area contributed by atoms with Crippen molar-refractivity contribution in [3.63, 3.8) is 0 Å². The summed E-state index contributed by atoms with van der Waals surface area (Å²) in [4.78, 5) is 10.6. The quantitative estimate of drug-likeness (QED) is 0.535. The van der Waals surface area contributed by atoms with E-state index in [-0.39, 0.29) is 5.56 Å². The van der Waals surface area contributed by atoms with E-state index in [0.29, 0.717) is 0 Å². The van der Waals surface area contributed by atoms with E-state index in [1.165, 1.54) is 19.1 Å². The van der Waals surface area contributed by atoms with Crippen LogP contribution in [-0.4, -0.2) is 5.97 Å². The molecule has 0 unspecified atom stereocenters. The summed E-state index contributed by atoms with van der Waals surface area (Å²) in [6.07, 6.45) is -4.52. The van der Waals surface area contributed by atoms with Gasteiger partial charge in [0.1, 0.15) is 11.3 Å². The number of alkyl halides is 3. The molecule has 2 nitrogen and oxygen atoms in total. The largest absolute Gasteiger partial charge is 0.426 e. The summed E-state index contributed by atoms with van der Waals surface area (Å²) < 4.78 is 42.2. The van der Waals surface area contributed by atoms with Crippen molar-refractivity contribution in [2.24, 2.45) is 0 Å². The molecule has 0 aliphatic rings. The molecule has 0 fully saturated rings. The van der Waals surface area contributed by atoms with Crippen molar-refractivity contribution in [1.82, 2.24) is 0 Å². The Balaban J connectivity index is 3.27. The monoisotopic (exact) mass is 218 g/mol. The number of carbonyl (C=O) groups excluding carboxylic acids is 1. The summed E-state index contributed by atoms with van der Waals surface area (Å²) in [5.74, 6) is -1.22. The van der Waals surface area contributed by atoms with Gasteiger partial charge in [-0.2, -0.15) is 13.2 Å². The number of hydrogen-bond donors (Lipinski definition) is 0. The van der Waals surface area contributed by atoms with Crippen LogP contribution >= 0.6 is 0 Å². The highest BCUT2D eigenvalue weighted by molar-refractivity contribution is 5.70. The summed E-state index contributed by atoms with van der Waals surface area (Å²) in [6.45, 7) is 2.37. The highest BCUT2D eigenvalue weighted by Gasteiger charge is 2.36. The number of benzene rings is 1. The summed E-state index contributed by atoms with van der Waals surface area (Å²) >= 11 is 0. The summed E-state index contributed by atoms with van der Waals surface area (Å²) in [5.41, 5.74) is -0.874. The molecule has 0 amide bonds. The van der Waals surface area contributed by atoms with Crippen molar-refractivity contribution < 1.29 is 22.7 Å². The number of carbonyl (C=O) groups is 1. The Morgan fingerprint density at radius 3 is 2.40 bits per heavy atom. The lowest BCUT2D eigenvalue weighted by Gasteiger charge is -2.14. The summed E-state index contributed by atoms with van der Waals surface area (Å²) in [6, 6.07) is 3.84. The Morgan fingerprint density at radius 2 is 1.93 bits per heavy atom. The van der Waals surface area contributed by atoms with Crippen molar-refractivity contribution in [1.29, 1.82) is 0 Å². The Morgan fingerprint density at radius 1 is 1.33 bits per heavy atom. The van der Waals surface area contributed by atoms with Crippen LogP contribution in [0.4, 0.5) is 13.2 Å². The zero-order valence-corrected chi connectivity index (χ0v) is 8.18. The molecule has 0 saturated carbocycles. The zero-order chi connectivity index (χ0) is 11.6. The Labute approximate surface area is 84.7 Å². The van der Waals surface area contributed by atoms with Gasteiger partial charge < -0.3 is 4.74 Å². The maximum Gasteiger partial charge on any atom is 0.420 e. The van der Waals surface area contributed by atoms with Crippen molar-refractivity contribution in [2.75, 3.05) is 0 Å². The first-order chi connectivity index (χ1) is 6.82. The minimum atomic E-state index is -4.52. The molecule has 1 aromatic rings.